The highest BCUT2D eigenvalue weighted by Gasteiger charge is 2.18. The van der Waals surface area contributed by atoms with Crippen molar-refractivity contribution in [1.29, 1.82) is 0 Å². The van der Waals surface area contributed by atoms with E-state index in [1.54, 1.807) is 18.2 Å². The molecule has 0 radical (unpaired) electrons. The molecular formula is C16H16N4O3. The van der Waals surface area contributed by atoms with E-state index < -0.39 is 5.91 Å². The summed E-state index contributed by atoms with van der Waals surface area (Å²) in [5.74, 6) is 1.14. The maximum absolute atomic E-state index is 12.5. The van der Waals surface area contributed by atoms with Gasteiger partial charge in [0.25, 0.3) is 5.91 Å². The van der Waals surface area contributed by atoms with Crippen molar-refractivity contribution in [2.24, 2.45) is 5.73 Å². The third-order valence-corrected chi connectivity index (χ3v) is 3.26. The van der Waals surface area contributed by atoms with E-state index in [0.29, 0.717) is 23.0 Å². The number of aromatic nitrogens is 2. The van der Waals surface area contributed by atoms with Gasteiger partial charge in [-0.15, -0.1) is 0 Å². The molecule has 118 valence electrons. The van der Waals surface area contributed by atoms with Gasteiger partial charge < -0.3 is 20.5 Å². The van der Waals surface area contributed by atoms with Crippen molar-refractivity contribution in [3.05, 3.63) is 47.7 Å². The topological polar surface area (TPSA) is 99.4 Å². The highest BCUT2D eigenvalue weighted by molar-refractivity contribution is 6.24. The number of hydrogen-bond acceptors (Lipinski definition) is 6. The van der Waals surface area contributed by atoms with E-state index >= 15 is 0 Å². The van der Waals surface area contributed by atoms with Gasteiger partial charge >= 0.3 is 0 Å². The highest BCUT2D eigenvalue weighted by Crippen LogP contribution is 2.34. The lowest BCUT2D eigenvalue weighted by Crippen LogP contribution is -2.17. The van der Waals surface area contributed by atoms with Gasteiger partial charge in [-0.2, -0.15) is 0 Å². The van der Waals surface area contributed by atoms with Crippen LogP contribution in [0.1, 0.15) is 17.2 Å². The van der Waals surface area contributed by atoms with Crippen LogP contribution in [0.25, 0.3) is 5.57 Å². The summed E-state index contributed by atoms with van der Waals surface area (Å²) in [7, 11) is 0. The van der Waals surface area contributed by atoms with E-state index in [9.17, 15) is 4.79 Å². The monoisotopic (exact) mass is 312 g/mol. The molecule has 7 nitrogen and oxygen atoms in total. The number of rotatable bonds is 3. The van der Waals surface area contributed by atoms with Crippen LogP contribution < -0.4 is 20.5 Å². The number of ether oxygens (including phenoxy) is 2. The van der Waals surface area contributed by atoms with E-state index in [1.165, 1.54) is 6.20 Å². The largest absolute Gasteiger partial charge is 0.454 e. The number of carbonyl (C=O) groups excluding carboxylic acids is 1. The van der Waals surface area contributed by atoms with Crippen LogP contribution in [0.15, 0.2) is 30.5 Å². The minimum atomic E-state index is -0.392. The molecule has 2 aromatic rings. The molecule has 0 atom stereocenters. The fourth-order valence-corrected chi connectivity index (χ4v) is 2.27. The number of anilines is 1. The molecule has 23 heavy (non-hydrogen) atoms. The number of nitrogens with one attached hydrogen (secondary N) is 1. The molecule has 0 saturated heterocycles. The molecule has 0 unspecified atom stereocenters. The zero-order chi connectivity index (χ0) is 16.4. The first kappa shape index (κ1) is 14.8. The molecule has 0 spiro atoms. The number of fused-ring (bicyclic) bond motifs is 1. The van der Waals surface area contributed by atoms with Crippen LogP contribution in [-0.4, -0.2) is 22.7 Å². The van der Waals surface area contributed by atoms with E-state index in [4.69, 9.17) is 15.2 Å². The zero-order valence-electron chi connectivity index (χ0n) is 12.8. The van der Waals surface area contributed by atoms with Crippen molar-refractivity contribution in [3.63, 3.8) is 0 Å². The highest BCUT2D eigenvalue weighted by atomic mass is 16.7. The van der Waals surface area contributed by atoms with Crippen LogP contribution in [0.2, 0.25) is 0 Å². The Kier molecular flexibility index (Phi) is 3.84. The Morgan fingerprint density at radius 3 is 2.57 bits per heavy atom. The minimum absolute atomic E-state index is 0.178. The average Bonchev–Trinajstić information content (AvgIpc) is 2.94. The summed E-state index contributed by atoms with van der Waals surface area (Å²) in [6.45, 7) is 3.85. The number of hydrogen-bond donors (Lipinski definition) is 2. The summed E-state index contributed by atoms with van der Waals surface area (Å²) in [4.78, 5) is 21.0. The van der Waals surface area contributed by atoms with Gasteiger partial charge in [-0.3, -0.25) is 4.79 Å². The van der Waals surface area contributed by atoms with Gasteiger partial charge in [-0.1, -0.05) is 0 Å². The van der Waals surface area contributed by atoms with Crippen LogP contribution in [0.3, 0.4) is 0 Å². The van der Waals surface area contributed by atoms with Crippen LogP contribution in [0, 0.1) is 13.8 Å². The van der Waals surface area contributed by atoms with Crippen molar-refractivity contribution < 1.29 is 14.3 Å². The number of benzene rings is 1. The molecule has 1 amide bonds. The van der Waals surface area contributed by atoms with Crippen molar-refractivity contribution in [3.8, 4) is 11.5 Å². The second kappa shape index (κ2) is 5.96. The molecular weight excluding hydrogens is 296 g/mol. The lowest BCUT2D eigenvalue weighted by Gasteiger charge is -2.09. The minimum Gasteiger partial charge on any atom is -0.454 e. The van der Waals surface area contributed by atoms with Crippen molar-refractivity contribution in [2.75, 3.05) is 12.1 Å². The number of nitrogens with zero attached hydrogens (tertiary/aromatic N) is 2. The quantitative estimate of drug-likeness (QED) is 0.838. The SMILES string of the molecule is Cc1cc(C)nc(C(=CN)C(=O)Nc2ccc3c(c2)OCO3)n1. The van der Waals surface area contributed by atoms with Gasteiger partial charge in [-0.05, 0) is 32.0 Å². The van der Waals surface area contributed by atoms with Gasteiger partial charge in [0.2, 0.25) is 6.79 Å². The number of amides is 1. The Morgan fingerprint density at radius 2 is 1.87 bits per heavy atom. The molecule has 7 heteroatoms. The second-order valence-corrected chi connectivity index (χ2v) is 5.08. The van der Waals surface area contributed by atoms with E-state index in [0.717, 1.165) is 11.4 Å². The summed E-state index contributed by atoms with van der Waals surface area (Å²) in [6.07, 6.45) is 1.20. The van der Waals surface area contributed by atoms with Gasteiger partial charge in [0, 0.05) is 29.3 Å². The zero-order valence-corrected chi connectivity index (χ0v) is 12.8. The van der Waals surface area contributed by atoms with E-state index in [1.807, 2.05) is 19.9 Å². The van der Waals surface area contributed by atoms with Crippen molar-refractivity contribution in [1.82, 2.24) is 9.97 Å². The third-order valence-electron chi connectivity index (χ3n) is 3.26. The first-order valence-corrected chi connectivity index (χ1v) is 7.02. The summed E-state index contributed by atoms with van der Waals surface area (Å²) in [6, 6.07) is 6.98. The predicted molar refractivity (Wildman–Crippen MR) is 84.9 cm³/mol. The predicted octanol–water partition coefficient (Wildman–Crippen LogP) is 1.76. The van der Waals surface area contributed by atoms with Crippen molar-refractivity contribution in [2.45, 2.75) is 13.8 Å². The molecule has 0 fully saturated rings. The number of nitrogens with two attached hydrogens (primary N) is 1. The molecule has 0 aliphatic carbocycles. The Balaban J connectivity index is 1.83. The average molecular weight is 312 g/mol. The number of aryl methyl sites for hydroxylation is 2. The summed E-state index contributed by atoms with van der Waals surface area (Å²) in [5.41, 5.74) is 7.91. The fourth-order valence-electron chi connectivity index (χ4n) is 2.27. The standard InChI is InChI=1S/C16H16N4O3/c1-9-5-10(2)19-15(18-9)12(7-17)16(21)20-11-3-4-13-14(6-11)23-8-22-13/h3-7H,8,17H2,1-2H3,(H,20,21). The molecule has 0 bridgehead atoms. The summed E-state index contributed by atoms with van der Waals surface area (Å²) < 4.78 is 10.5. The Hall–Kier alpha value is -3.09. The molecule has 0 saturated carbocycles. The molecule has 1 aliphatic rings. The smallest absolute Gasteiger partial charge is 0.260 e. The van der Waals surface area contributed by atoms with Crippen LogP contribution in [0.4, 0.5) is 5.69 Å². The Bertz CT molecular complexity index is 782. The van der Waals surface area contributed by atoms with E-state index in [-0.39, 0.29) is 12.4 Å². The lowest BCUT2D eigenvalue weighted by atomic mass is 10.2. The first-order chi connectivity index (χ1) is 11.1. The fraction of sp³-hybridized carbons (Fsp3) is 0.188. The van der Waals surface area contributed by atoms with Crippen LogP contribution in [0.5, 0.6) is 11.5 Å². The van der Waals surface area contributed by atoms with Crippen LogP contribution in [-0.2, 0) is 4.79 Å². The third kappa shape index (κ3) is 3.08. The van der Waals surface area contributed by atoms with Gasteiger partial charge in [0.1, 0.15) is 0 Å². The molecule has 2 heterocycles. The van der Waals surface area contributed by atoms with Crippen molar-refractivity contribution >= 4 is 17.2 Å². The Labute approximate surface area is 133 Å². The molecule has 1 aromatic carbocycles. The summed E-state index contributed by atoms with van der Waals surface area (Å²) >= 11 is 0. The van der Waals surface area contributed by atoms with Gasteiger partial charge in [-0.25, -0.2) is 9.97 Å². The van der Waals surface area contributed by atoms with Crippen LogP contribution >= 0.6 is 0 Å². The number of carbonyl (C=O) groups is 1. The molecule has 3 rings (SSSR count). The second-order valence-electron chi connectivity index (χ2n) is 5.08. The van der Waals surface area contributed by atoms with Gasteiger partial charge in [0.05, 0.1) is 5.57 Å². The molecule has 1 aromatic heterocycles. The normalized spacial score (nSPS) is 13.0. The van der Waals surface area contributed by atoms with Gasteiger partial charge in [0.15, 0.2) is 17.3 Å². The maximum atomic E-state index is 12.5. The molecule has 1 aliphatic heterocycles. The first-order valence-electron chi connectivity index (χ1n) is 7.02. The molecule has 3 N–H and O–H groups in total. The Morgan fingerprint density at radius 1 is 1.17 bits per heavy atom. The lowest BCUT2D eigenvalue weighted by molar-refractivity contribution is -0.111. The van der Waals surface area contributed by atoms with E-state index in [2.05, 4.69) is 15.3 Å². The summed E-state index contributed by atoms with van der Waals surface area (Å²) in [5, 5.41) is 2.76. The maximum Gasteiger partial charge on any atom is 0.260 e.